The van der Waals surface area contributed by atoms with Crippen molar-refractivity contribution in [3.05, 3.63) is 55.1 Å². The molecule has 0 unspecified atom stereocenters. The number of hydrogen-bond acceptors (Lipinski definition) is 6. The molecule has 34 heavy (non-hydrogen) atoms. The number of fused-ring (bicyclic) bond motifs is 3. The van der Waals surface area contributed by atoms with Gasteiger partial charge in [0.25, 0.3) is 10.0 Å². The quantitative estimate of drug-likeness (QED) is 0.467. The van der Waals surface area contributed by atoms with Gasteiger partial charge in [-0.25, -0.2) is 27.2 Å². The van der Waals surface area contributed by atoms with Crippen LogP contribution in [0.15, 0.2) is 60.0 Å². The third-order valence-electron chi connectivity index (χ3n) is 6.03. The lowest BCUT2D eigenvalue weighted by Crippen LogP contribution is -2.38. The smallest absolute Gasteiger partial charge is 0.407 e. The van der Waals surface area contributed by atoms with E-state index in [0.717, 1.165) is 30.2 Å². The minimum absolute atomic E-state index is 0.00214. The van der Waals surface area contributed by atoms with Gasteiger partial charge in [0.15, 0.2) is 5.65 Å². The van der Waals surface area contributed by atoms with Gasteiger partial charge in [0, 0.05) is 23.7 Å². The van der Waals surface area contributed by atoms with Crippen molar-refractivity contribution < 1.29 is 17.9 Å². The third kappa shape index (κ3) is 4.02. The second-order valence-corrected chi connectivity index (χ2v) is 11.4. The van der Waals surface area contributed by atoms with Crippen LogP contribution in [0.4, 0.5) is 4.79 Å². The molecule has 0 saturated heterocycles. The van der Waals surface area contributed by atoms with Crippen molar-refractivity contribution in [3.63, 3.8) is 0 Å². The average molecular weight is 482 g/mol. The number of ether oxygens (including phenoxy) is 1. The van der Waals surface area contributed by atoms with E-state index in [1.807, 2.05) is 20.8 Å². The molecule has 0 spiro atoms. The van der Waals surface area contributed by atoms with E-state index in [1.54, 1.807) is 48.9 Å². The summed E-state index contributed by atoms with van der Waals surface area (Å²) in [4.78, 5) is 21.3. The zero-order valence-electron chi connectivity index (χ0n) is 19.3. The van der Waals surface area contributed by atoms with Gasteiger partial charge in [-0.1, -0.05) is 18.2 Å². The summed E-state index contributed by atoms with van der Waals surface area (Å²) in [6, 6.07) is 10.2. The van der Waals surface area contributed by atoms with Crippen LogP contribution in [-0.4, -0.2) is 44.7 Å². The molecule has 1 saturated carbocycles. The molecule has 4 aromatic rings. The Kier molecular flexibility index (Phi) is 5.35. The molecule has 2 atom stereocenters. The Morgan fingerprint density at radius 1 is 1.12 bits per heavy atom. The van der Waals surface area contributed by atoms with E-state index < -0.39 is 21.7 Å². The van der Waals surface area contributed by atoms with E-state index in [1.165, 1.54) is 10.2 Å². The highest BCUT2D eigenvalue weighted by Gasteiger charge is 2.30. The number of pyridine rings is 1. The Labute approximate surface area is 197 Å². The molecule has 3 heterocycles. The fraction of sp³-hybridized carbons (Fsp3) is 0.375. The Hall–Kier alpha value is -3.40. The Morgan fingerprint density at radius 2 is 1.88 bits per heavy atom. The number of amides is 1. The van der Waals surface area contributed by atoms with Gasteiger partial charge in [0.1, 0.15) is 11.1 Å². The van der Waals surface area contributed by atoms with Crippen molar-refractivity contribution in [1.29, 1.82) is 0 Å². The van der Waals surface area contributed by atoms with Crippen LogP contribution in [0, 0.1) is 0 Å². The van der Waals surface area contributed by atoms with Crippen LogP contribution in [0.3, 0.4) is 0 Å². The van der Waals surface area contributed by atoms with Crippen molar-refractivity contribution in [2.75, 3.05) is 0 Å². The maximum Gasteiger partial charge on any atom is 0.407 e. The molecule has 1 aliphatic rings. The van der Waals surface area contributed by atoms with Crippen LogP contribution in [0.25, 0.3) is 22.1 Å². The number of rotatable bonds is 4. The molecular weight excluding hydrogens is 454 g/mol. The van der Waals surface area contributed by atoms with Gasteiger partial charge in [-0.15, -0.1) is 0 Å². The SMILES string of the molecule is CC(C)(C)OC(=O)N[C@H]1CC[C@@H](n2cnc3cnc4c(ccn4S(=O)(=O)c4ccccc4)c32)C1. The van der Waals surface area contributed by atoms with Crippen LogP contribution in [0.1, 0.15) is 46.1 Å². The number of nitrogens with one attached hydrogen (secondary N) is 1. The number of hydrogen-bond donors (Lipinski definition) is 1. The fourth-order valence-corrected chi connectivity index (χ4v) is 5.90. The van der Waals surface area contributed by atoms with Crippen molar-refractivity contribution >= 4 is 38.2 Å². The fourth-order valence-electron chi connectivity index (χ4n) is 4.58. The third-order valence-corrected chi connectivity index (χ3v) is 7.71. The van der Waals surface area contributed by atoms with Gasteiger partial charge in [0.2, 0.25) is 0 Å². The van der Waals surface area contributed by atoms with Gasteiger partial charge >= 0.3 is 6.09 Å². The molecule has 10 heteroatoms. The first-order valence-electron chi connectivity index (χ1n) is 11.3. The maximum absolute atomic E-state index is 13.2. The summed E-state index contributed by atoms with van der Waals surface area (Å²) in [7, 11) is -3.78. The Morgan fingerprint density at radius 3 is 2.62 bits per heavy atom. The number of imidazole rings is 1. The molecule has 5 rings (SSSR count). The van der Waals surface area contributed by atoms with Gasteiger partial charge in [-0.3, -0.25) is 0 Å². The Balaban J connectivity index is 1.47. The standard InChI is InChI=1S/C24H27N5O4S/c1-24(2,3)33-23(30)27-16-9-10-17(13-16)28-15-26-20-14-25-22-19(21(20)28)11-12-29(22)34(31,32)18-7-5-4-6-8-18/h4-8,11-12,14-17H,9-10,13H2,1-3H3,(H,27,30)/t16-,17+/m0/s1. The highest BCUT2D eigenvalue weighted by Crippen LogP contribution is 2.35. The van der Waals surface area contributed by atoms with Crippen molar-refractivity contribution in [2.45, 2.75) is 62.6 Å². The lowest BCUT2D eigenvalue weighted by molar-refractivity contribution is 0.0505. The Bertz CT molecular complexity index is 1470. The first kappa shape index (κ1) is 22.4. The van der Waals surface area contributed by atoms with Gasteiger partial charge < -0.3 is 14.6 Å². The molecule has 0 radical (unpaired) electrons. The minimum atomic E-state index is -3.78. The van der Waals surface area contributed by atoms with E-state index in [-0.39, 0.29) is 17.0 Å². The zero-order chi connectivity index (χ0) is 24.1. The number of carbonyl (C=O) groups is 1. The van der Waals surface area contributed by atoms with Crippen LogP contribution in [0.2, 0.25) is 0 Å². The first-order chi connectivity index (χ1) is 16.1. The summed E-state index contributed by atoms with van der Waals surface area (Å²) in [5.41, 5.74) is 1.36. The van der Waals surface area contributed by atoms with E-state index in [4.69, 9.17) is 4.74 Å². The second-order valence-electron chi connectivity index (χ2n) is 9.62. The molecule has 1 amide bonds. The molecule has 9 nitrogen and oxygen atoms in total. The van der Waals surface area contributed by atoms with Gasteiger partial charge in [0.05, 0.1) is 22.9 Å². The van der Waals surface area contributed by atoms with Crippen LogP contribution in [0.5, 0.6) is 0 Å². The molecule has 0 aliphatic heterocycles. The largest absolute Gasteiger partial charge is 0.444 e. The maximum atomic E-state index is 13.2. The molecule has 1 N–H and O–H groups in total. The van der Waals surface area contributed by atoms with Gasteiger partial charge in [-0.2, -0.15) is 0 Å². The molecule has 1 aromatic carbocycles. The van der Waals surface area contributed by atoms with Crippen molar-refractivity contribution in [1.82, 2.24) is 23.8 Å². The van der Waals surface area contributed by atoms with Crippen LogP contribution < -0.4 is 5.32 Å². The normalized spacial score (nSPS) is 19.0. The number of nitrogens with zero attached hydrogens (tertiary/aromatic N) is 4. The summed E-state index contributed by atoms with van der Waals surface area (Å²) in [6.45, 7) is 5.52. The van der Waals surface area contributed by atoms with E-state index in [2.05, 4.69) is 19.9 Å². The summed E-state index contributed by atoms with van der Waals surface area (Å²) >= 11 is 0. The average Bonchev–Trinajstić information content (AvgIpc) is 3.50. The zero-order valence-corrected chi connectivity index (χ0v) is 20.1. The highest BCUT2D eigenvalue weighted by molar-refractivity contribution is 7.90. The number of aromatic nitrogens is 4. The van der Waals surface area contributed by atoms with Crippen LogP contribution >= 0.6 is 0 Å². The van der Waals surface area contributed by atoms with E-state index in [9.17, 15) is 13.2 Å². The van der Waals surface area contributed by atoms with E-state index >= 15 is 0 Å². The first-order valence-corrected chi connectivity index (χ1v) is 12.7. The highest BCUT2D eigenvalue weighted by atomic mass is 32.2. The topological polar surface area (TPSA) is 108 Å². The molecular formula is C24H27N5O4S. The molecule has 3 aromatic heterocycles. The lowest BCUT2D eigenvalue weighted by atomic mass is 10.2. The second kappa shape index (κ2) is 8.12. The molecule has 178 valence electrons. The van der Waals surface area contributed by atoms with Crippen molar-refractivity contribution in [3.8, 4) is 0 Å². The lowest BCUT2D eigenvalue weighted by Gasteiger charge is -2.22. The predicted molar refractivity (Wildman–Crippen MR) is 128 cm³/mol. The van der Waals surface area contributed by atoms with Crippen LogP contribution in [-0.2, 0) is 14.8 Å². The summed E-state index contributed by atoms with van der Waals surface area (Å²) in [5, 5.41) is 3.68. The predicted octanol–water partition coefficient (Wildman–Crippen LogP) is 4.24. The summed E-state index contributed by atoms with van der Waals surface area (Å²) in [6.07, 6.45) is 6.92. The monoisotopic (exact) mass is 481 g/mol. The molecule has 1 aliphatic carbocycles. The minimum Gasteiger partial charge on any atom is -0.444 e. The number of benzene rings is 1. The van der Waals surface area contributed by atoms with Gasteiger partial charge in [-0.05, 0) is 58.2 Å². The summed E-state index contributed by atoms with van der Waals surface area (Å²) in [5.74, 6) is 0. The molecule has 0 bridgehead atoms. The number of alkyl carbamates (subject to hydrolysis) is 1. The van der Waals surface area contributed by atoms with E-state index in [0.29, 0.717) is 11.2 Å². The summed E-state index contributed by atoms with van der Waals surface area (Å²) < 4.78 is 35.1. The van der Waals surface area contributed by atoms with Crippen molar-refractivity contribution in [2.24, 2.45) is 0 Å². The number of carbonyl (C=O) groups excluding carboxylic acids is 1. The molecule has 1 fully saturated rings.